The third-order valence-electron chi connectivity index (χ3n) is 4.35. The number of halogens is 2. The Morgan fingerprint density at radius 3 is 2.72 bits per heavy atom. The van der Waals surface area contributed by atoms with Gasteiger partial charge in [0, 0.05) is 12.5 Å². The summed E-state index contributed by atoms with van der Waals surface area (Å²) < 4.78 is 0. The summed E-state index contributed by atoms with van der Waals surface area (Å²) in [4.78, 5) is 17.9. The normalized spacial score (nSPS) is 19.4. The fourth-order valence-corrected chi connectivity index (χ4v) is 3.97. The quantitative estimate of drug-likeness (QED) is 0.822. The van der Waals surface area contributed by atoms with E-state index in [-0.39, 0.29) is 36.8 Å². The Morgan fingerprint density at radius 2 is 2.04 bits per heavy atom. The highest BCUT2D eigenvalue weighted by Crippen LogP contribution is 2.22. The van der Waals surface area contributed by atoms with Crippen LogP contribution in [-0.2, 0) is 6.42 Å². The highest BCUT2D eigenvalue weighted by atomic mass is 35.5. The summed E-state index contributed by atoms with van der Waals surface area (Å²) in [6.45, 7) is 6.03. The molecule has 0 spiro atoms. The van der Waals surface area contributed by atoms with Crippen molar-refractivity contribution in [2.45, 2.75) is 32.7 Å². The van der Waals surface area contributed by atoms with E-state index in [1.54, 1.807) is 0 Å². The molecule has 1 fully saturated rings. The predicted molar refractivity (Wildman–Crippen MR) is 108 cm³/mol. The average Bonchev–Trinajstić information content (AvgIpc) is 2.91. The van der Waals surface area contributed by atoms with Gasteiger partial charge in [0.1, 0.15) is 4.88 Å². The first-order chi connectivity index (χ1) is 11.1. The molecule has 0 bridgehead atoms. The zero-order chi connectivity index (χ0) is 16.2. The molecule has 2 aromatic rings. The van der Waals surface area contributed by atoms with E-state index in [1.165, 1.54) is 16.9 Å². The van der Waals surface area contributed by atoms with Crippen LogP contribution in [0.2, 0.25) is 0 Å². The first-order valence-electron chi connectivity index (χ1n) is 8.15. The first-order valence-corrected chi connectivity index (χ1v) is 8.97. The molecular weight excluding hydrogens is 377 g/mol. The number of hydrogen-bond acceptors (Lipinski definition) is 4. The van der Waals surface area contributed by atoms with Crippen molar-refractivity contribution in [2.24, 2.45) is 5.92 Å². The predicted octanol–water partition coefficient (Wildman–Crippen LogP) is 3.61. The number of carbonyl (C=O) groups excluding carboxylic acids is 1. The van der Waals surface area contributed by atoms with Gasteiger partial charge in [0.2, 0.25) is 0 Å². The van der Waals surface area contributed by atoms with Crippen LogP contribution >= 0.6 is 36.2 Å². The van der Waals surface area contributed by atoms with Gasteiger partial charge in [0.25, 0.3) is 5.91 Å². The van der Waals surface area contributed by atoms with Gasteiger partial charge in [0.05, 0.1) is 10.7 Å². The van der Waals surface area contributed by atoms with E-state index < -0.39 is 0 Å². The molecule has 1 aromatic carbocycles. The molecule has 1 aromatic heterocycles. The van der Waals surface area contributed by atoms with E-state index in [0.29, 0.717) is 5.92 Å². The third kappa shape index (κ3) is 5.68. The summed E-state index contributed by atoms with van der Waals surface area (Å²) in [6.07, 6.45) is 1.77. The van der Waals surface area contributed by atoms with Crippen LogP contribution in [0.3, 0.4) is 0 Å². The van der Waals surface area contributed by atoms with E-state index in [1.807, 2.05) is 25.1 Å². The Labute approximate surface area is 165 Å². The Kier molecular flexibility index (Phi) is 8.86. The second-order valence-corrected chi connectivity index (χ2v) is 7.32. The highest BCUT2D eigenvalue weighted by molar-refractivity contribution is 7.13. The van der Waals surface area contributed by atoms with Crippen molar-refractivity contribution in [3.05, 3.63) is 51.5 Å². The average molecular weight is 402 g/mol. The van der Waals surface area contributed by atoms with E-state index in [0.717, 1.165) is 41.5 Å². The molecule has 25 heavy (non-hydrogen) atoms. The number of hydrogen-bond donors (Lipinski definition) is 2. The number of aromatic nitrogens is 1. The van der Waals surface area contributed by atoms with E-state index in [2.05, 4.69) is 34.7 Å². The maximum atomic E-state index is 12.6. The number of amides is 1. The van der Waals surface area contributed by atoms with Gasteiger partial charge in [0.15, 0.2) is 0 Å². The molecule has 1 amide bonds. The van der Waals surface area contributed by atoms with Crippen LogP contribution < -0.4 is 10.6 Å². The number of rotatable bonds is 4. The Balaban J connectivity index is 0.00000156. The number of aryl methyl sites for hydroxylation is 1. The molecule has 2 heterocycles. The SMILES string of the molecule is Cc1nc(Cc2ccccc2)sc1C(=O)NC1CCNCC1C.Cl.Cl. The molecule has 1 aliphatic heterocycles. The molecule has 3 rings (SSSR count). The standard InChI is InChI=1S/C18H23N3OS.2ClH/c1-12-11-19-9-8-15(12)21-18(22)17-13(2)20-16(23-17)10-14-6-4-3-5-7-14;;/h3-7,12,15,19H,8-11H2,1-2H3,(H,21,22);2*1H. The number of nitrogens with one attached hydrogen (secondary N) is 2. The van der Waals surface area contributed by atoms with Crippen molar-refractivity contribution >= 4 is 42.1 Å². The molecule has 2 N–H and O–H groups in total. The summed E-state index contributed by atoms with van der Waals surface area (Å²) in [5.74, 6) is 0.489. The molecule has 7 heteroatoms. The van der Waals surface area contributed by atoms with Gasteiger partial charge in [-0.05, 0) is 37.9 Å². The molecule has 0 aliphatic carbocycles. The fourth-order valence-electron chi connectivity index (χ4n) is 2.97. The Morgan fingerprint density at radius 1 is 1.32 bits per heavy atom. The van der Waals surface area contributed by atoms with Crippen LogP contribution in [-0.4, -0.2) is 30.0 Å². The number of piperidine rings is 1. The second kappa shape index (κ2) is 10.1. The Hall–Kier alpha value is -1.14. The molecule has 2 unspecified atom stereocenters. The summed E-state index contributed by atoms with van der Waals surface area (Å²) >= 11 is 1.51. The minimum atomic E-state index is 0. The zero-order valence-corrected chi connectivity index (χ0v) is 16.9. The van der Waals surface area contributed by atoms with Gasteiger partial charge in [-0.1, -0.05) is 37.3 Å². The summed E-state index contributed by atoms with van der Waals surface area (Å²) in [5, 5.41) is 7.55. The molecule has 0 radical (unpaired) electrons. The molecule has 1 saturated heterocycles. The lowest BCUT2D eigenvalue weighted by atomic mass is 9.95. The minimum absolute atomic E-state index is 0. The van der Waals surface area contributed by atoms with Crippen molar-refractivity contribution in [3.63, 3.8) is 0 Å². The van der Waals surface area contributed by atoms with Crippen molar-refractivity contribution in [1.82, 2.24) is 15.6 Å². The van der Waals surface area contributed by atoms with Crippen LogP contribution in [0.1, 0.15) is 39.3 Å². The van der Waals surface area contributed by atoms with Gasteiger partial charge < -0.3 is 10.6 Å². The monoisotopic (exact) mass is 401 g/mol. The van der Waals surface area contributed by atoms with Gasteiger partial charge in [-0.15, -0.1) is 36.2 Å². The van der Waals surface area contributed by atoms with Gasteiger partial charge in [-0.2, -0.15) is 0 Å². The number of thiazole rings is 1. The molecule has 4 nitrogen and oxygen atoms in total. The van der Waals surface area contributed by atoms with E-state index in [4.69, 9.17) is 0 Å². The van der Waals surface area contributed by atoms with E-state index in [9.17, 15) is 4.79 Å². The molecule has 138 valence electrons. The van der Waals surface area contributed by atoms with Gasteiger partial charge in [-0.3, -0.25) is 4.79 Å². The molecule has 0 saturated carbocycles. The van der Waals surface area contributed by atoms with Crippen LogP contribution in [0.15, 0.2) is 30.3 Å². The van der Waals surface area contributed by atoms with Crippen molar-refractivity contribution in [2.75, 3.05) is 13.1 Å². The number of benzene rings is 1. The van der Waals surface area contributed by atoms with Crippen molar-refractivity contribution in [1.29, 1.82) is 0 Å². The smallest absolute Gasteiger partial charge is 0.263 e. The van der Waals surface area contributed by atoms with E-state index >= 15 is 0 Å². The maximum absolute atomic E-state index is 12.6. The van der Waals surface area contributed by atoms with Gasteiger partial charge in [-0.25, -0.2) is 4.98 Å². The second-order valence-electron chi connectivity index (χ2n) is 6.23. The topological polar surface area (TPSA) is 54.0 Å². The molecule has 1 aliphatic rings. The largest absolute Gasteiger partial charge is 0.348 e. The van der Waals surface area contributed by atoms with Crippen LogP contribution in [0.25, 0.3) is 0 Å². The Bertz CT molecular complexity index is 678. The highest BCUT2D eigenvalue weighted by Gasteiger charge is 2.24. The van der Waals surface area contributed by atoms with Gasteiger partial charge >= 0.3 is 0 Å². The van der Waals surface area contributed by atoms with Crippen LogP contribution in [0.4, 0.5) is 0 Å². The minimum Gasteiger partial charge on any atom is -0.348 e. The van der Waals surface area contributed by atoms with Crippen molar-refractivity contribution < 1.29 is 4.79 Å². The summed E-state index contributed by atoms with van der Waals surface area (Å²) in [5.41, 5.74) is 2.06. The maximum Gasteiger partial charge on any atom is 0.263 e. The molecular formula is C18H25Cl2N3OS. The lowest BCUT2D eigenvalue weighted by molar-refractivity contribution is 0.0917. The lowest BCUT2D eigenvalue weighted by Gasteiger charge is -2.30. The number of carbonyl (C=O) groups is 1. The lowest BCUT2D eigenvalue weighted by Crippen LogP contribution is -2.48. The van der Waals surface area contributed by atoms with Crippen molar-refractivity contribution in [3.8, 4) is 0 Å². The first kappa shape index (κ1) is 21.9. The summed E-state index contributed by atoms with van der Waals surface area (Å²) in [6, 6.07) is 10.5. The number of nitrogens with zero attached hydrogens (tertiary/aromatic N) is 1. The fraction of sp³-hybridized carbons (Fsp3) is 0.444. The molecule has 2 atom stereocenters. The van der Waals surface area contributed by atoms with Crippen LogP contribution in [0.5, 0.6) is 0 Å². The summed E-state index contributed by atoms with van der Waals surface area (Å²) in [7, 11) is 0. The van der Waals surface area contributed by atoms with Crippen LogP contribution in [0, 0.1) is 12.8 Å². The zero-order valence-electron chi connectivity index (χ0n) is 14.5. The third-order valence-corrected chi connectivity index (χ3v) is 5.50.